The van der Waals surface area contributed by atoms with Crippen LogP contribution in [0.15, 0.2) is 24.4 Å². The van der Waals surface area contributed by atoms with E-state index in [-0.39, 0.29) is 0 Å². The molecule has 0 radical (unpaired) electrons. The van der Waals surface area contributed by atoms with Gasteiger partial charge in [-0.25, -0.2) is 0 Å². The summed E-state index contributed by atoms with van der Waals surface area (Å²) in [5.41, 5.74) is -0.491. The van der Waals surface area contributed by atoms with E-state index in [1.54, 1.807) is 6.92 Å². The summed E-state index contributed by atoms with van der Waals surface area (Å²) in [6.07, 6.45) is 7.03. The molecule has 0 amide bonds. The van der Waals surface area contributed by atoms with Gasteiger partial charge >= 0.3 is 0 Å². The Morgan fingerprint density at radius 2 is 2.27 bits per heavy atom. The standard InChI is InChI=1S/C8H14N2O/c1-7(11)8(9-2)5-3-4-6-10-8/h3-7,9-11H,1-2H3. The summed E-state index contributed by atoms with van der Waals surface area (Å²) in [5, 5.41) is 15.5. The summed E-state index contributed by atoms with van der Waals surface area (Å²) in [7, 11) is 1.81. The normalized spacial score (nSPS) is 31.5. The van der Waals surface area contributed by atoms with Gasteiger partial charge in [-0.1, -0.05) is 6.08 Å². The first kappa shape index (κ1) is 8.30. The highest BCUT2D eigenvalue weighted by atomic mass is 16.3. The zero-order valence-electron chi connectivity index (χ0n) is 6.83. The van der Waals surface area contributed by atoms with E-state index in [1.165, 1.54) is 0 Å². The Hall–Kier alpha value is -0.800. The van der Waals surface area contributed by atoms with E-state index in [0.717, 1.165) is 0 Å². The van der Waals surface area contributed by atoms with Crippen molar-refractivity contribution in [1.82, 2.24) is 10.6 Å². The van der Waals surface area contributed by atoms with Crippen LogP contribution in [-0.4, -0.2) is 23.9 Å². The van der Waals surface area contributed by atoms with Crippen LogP contribution in [0.3, 0.4) is 0 Å². The molecule has 0 saturated carbocycles. The molecule has 0 aliphatic carbocycles. The molecular weight excluding hydrogens is 140 g/mol. The molecule has 2 unspecified atom stereocenters. The lowest BCUT2D eigenvalue weighted by molar-refractivity contribution is 0.0948. The van der Waals surface area contributed by atoms with E-state index in [1.807, 2.05) is 31.5 Å². The number of aliphatic hydroxyl groups is 1. The lowest BCUT2D eigenvalue weighted by Crippen LogP contribution is -2.59. The molecule has 62 valence electrons. The van der Waals surface area contributed by atoms with Crippen LogP contribution in [0.5, 0.6) is 0 Å². The number of allylic oxidation sites excluding steroid dienone is 2. The Bertz CT molecular complexity index is 187. The van der Waals surface area contributed by atoms with Crippen molar-refractivity contribution in [2.45, 2.75) is 18.7 Å². The minimum Gasteiger partial charge on any atom is -0.389 e. The molecule has 3 heteroatoms. The summed E-state index contributed by atoms with van der Waals surface area (Å²) in [5.74, 6) is 0. The van der Waals surface area contributed by atoms with Crippen LogP contribution < -0.4 is 10.6 Å². The molecule has 11 heavy (non-hydrogen) atoms. The van der Waals surface area contributed by atoms with Gasteiger partial charge < -0.3 is 10.4 Å². The van der Waals surface area contributed by atoms with Gasteiger partial charge in [-0.05, 0) is 32.3 Å². The van der Waals surface area contributed by atoms with E-state index < -0.39 is 11.8 Å². The van der Waals surface area contributed by atoms with Gasteiger partial charge in [0.2, 0.25) is 0 Å². The van der Waals surface area contributed by atoms with Crippen molar-refractivity contribution in [3.8, 4) is 0 Å². The maximum absolute atomic E-state index is 9.42. The summed E-state index contributed by atoms with van der Waals surface area (Å²) in [4.78, 5) is 0. The quantitative estimate of drug-likeness (QED) is 0.523. The van der Waals surface area contributed by atoms with Crippen LogP contribution >= 0.6 is 0 Å². The van der Waals surface area contributed by atoms with Crippen molar-refractivity contribution in [2.24, 2.45) is 0 Å². The van der Waals surface area contributed by atoms with Crippen molar-refractivity contribution in [3.63, 3.8) is 0 Å². The van der Waals surface area contributed by atoms with Crippen molar-refractivity contribution in [2.75, 3.05) is 7.05 Å². The molecule has 3 N–H and O–H groups in total. The second-order valence-corrected chi connectivity index (χ2v) is 2.66. The predicted octanol–water partition coefficient (Wildman–Crippen LogP) is -0.0440. The Morgan fingerprint density at radius 3 is 2.55 bits per heavy atom. The molecule has 1 aliphatic heterocycles. The van der Waals surface area contributed by atoms with Gasteiger partial charge in [0.15, 0.2) is 0 Å². The van der Waals surface area contributed by atoms with Gasteiger partial charge in [-0.2, -0.15) is 0 Å². The highest BCUT2D eigenvalue weighted by Gasteiger charge is 2.29. The largest absolute Gasteiger partial charge is 0.389 e. The van der Waals surface area contributed by atoms with Crippen LogP contribution in [0.2, 0.25) is 0 Å². The van der Waals surface area contributed by atoms with Crippen LogP contribution in [-0.2, 0) is 0 Å². The Balaban J connectivity index is 2.77. The molecule has 1 rings (SSSR count). The minimum atomic E-state index is -0.491. The van der Waals surface area contributed by atoms with Crippen LogP contribution in [0.1, 0.15) is 6.92 Å². The average Bonchev–Trinajstić information content (AvgIpc) is 2.05. The SMILES string of the molecule is CNC1(C(C)O)C=CC=CN1. The number of likely N-dealkylation sites (N-methyl/N-ethyl adjacent to an activating group) is 1. The number of dihydropyridines is 1. The molecule has 1 aliphatic rings. The Kier molecular flexibility index (Phi) is 2.31. The first-order chi connectivity index (χ1) is 5.21. The number of hydrogen-bond donors (Lipinski definition) is 3. The number of hydrogen-bond acceptors (Lipinski definition) is 3. The van der Waals surface area contributed by atoms with Gasteiger partial charge in [0.25, 0.3) is 0 Å². The Morgan fingerprint density at radius 1 is 1.55 bits per heavy atom. The summed E-state index contributed by atoms with van der Waals surface area (Å²) in [6.45, 7) is 1.74. The van der Waals surface area contributed by atoms with Crippen LogP contribution in [0, 0.1) is 0 Å². The van der Waals surface area contributed by atoms with Gasteiger partial charge in [0.1, 0.15) is 5.66 Å². The molecular formula is C8H14N2O. The fourth-order valence-electron chi connectivity index (χ4n) is 1.12. The second kappa shape index (κ2) is 3.07. The monoisotopic (exact) mass is 154 g/mol. The molecule has 1 heterocycles. The van der Waals surface area contributed by atoms with Gasteiger partial charge in [-0.15, -0.1) is 0 Å². The smallest absolute Gasteiger partial charge is 0.133 e. The van der Waals surface area contributed by atoms with Crippen molar-refractivity contribution in [1.29, 1.82) is 0 Å². The zero-order valence-corrected chi connectivity index (χ0v) is 6.83. The molecule has 0 fully saturated rings. The summed E-state index contributed by atoms with van der Waals surface area (Å²) in [6, 6.07) is 0. The first-order valence-corrected chi connectivity index (χ1v) is 3.70. The average molecular weight is 154 g/mol. The third-order valence-electron chi connectivity index (χ3n) is 1.96. The third-order valence-corrected chi connectivity index (χ3v) is 1.96. The molecule has 2 atom stereocenters. The fraction of sp³-hybridized carbons (Fsp3) is 0.500. The lowest BCUT2D eigenvalue weighted by atomic mass is 10.0. The molecule has 0 aromatic carbocycles. The van der Waals surface area contributed by atoms with E-state index in [0.29, 0.717) is 0 Å². The fourth-order valence-corrected chi connectivity index (χ4v) is 1.12. The third kappa shape index (κ3) is 1.44. The molecule has 0 spiro atoms. The Labute approximate surface area is 66.8 Å². The highest BCUT2D eigenvalue weighted by molar-refractivity contribution is 5.19. The van der Waals surface area contributed by atoms with E-state index in [4.69, 9.17) is 0 Å². The summed E-state index contributed by atoms with van der Waals surface area (Å²) >= 11 is 0. The maximum Gasteiger partial charge on any atom is 0.133 e. The van der Waals surface area contributed by atoms with Gasteiger partial charge in [0.05, 0.1) is 6.10 Å². The van der Waals surface area contributed by atoms with E-state index in [9.17, 15) is 5.11 Å². The molecule has 0 bridgehead atoms. The molecule has 0 aromatic rings. The van der Waals surface area contributed by atoms with Crippen LogP contribution in [0.4, 0.5) is 0 Å². The molecule has 0 saturated heterocycles. The van der Waals surface area contributed by atoms with Crippen molar-refractivity contribution >= 4 is 0 Å². The summed E-state index contributed by atoms with van der Waals surface area (Å²) < 4.78 is 0. The zero-order chi connectivity index (χ0) is 8.32. The topological polar surface area (TPSA) is 44.3 Å². The van der Waals surface area contributed by atoms with Crippen molar-refractivity contribution in [3.05, 3.63) is 24.4 Å². The van der Waals surface area contributed by atoms with Gasteiger partial charge in [0, 0.05) is 0 Å². The number of nitrogens with one attached hydrogen (secondary N) is 2. The molecule has 0 aromatic heterocycles. The minimum absolute atomic E-state index is 0.464. The van der Waals surface area contributed by atoms with Gasteiger partial charge in [-0.3, -0.25) is 5.32 Å². The van der Waals surface area contributed by atoms with E-state index in [2.05, 4.69) is 10.6 Å². The lowest BCUT2D eigenvalue weighted by Gasteiger charge is -2.35. The number of aliphatic hydroxyl groups excluding tert-OH is 1. The second-order valence-electron chi connectivity index (χ2n) is 2.66. The highest BCUT2D eigenvalue weighted by Crippen LogP contribution is 2.11. The van der Waals surface area contributed by atoms with E-state index >= 15 is 0 Å². The van der Waals surface area contributed by atoms with Crippen molar-refractivity contribution < 1.29 is 5.11 Å². The first-order valence-electron chi connectivity index (χ1n) is 3.70. The maximum atomic E-state index is 9.42. The molecule has 3 nitrogen and oxygen atoms in total. The predicted molar refractivity (Wildman–Crippen MR) is 44.9 cm³/mol. The number of rotatable bonds is 2. The van der Waals surface area contributed by atoms with Crippen LogP contribution in [0.25, 0.3) is 0 Å².